The first kappa shape index (κ1) is 25.6. The highest BCUT2D eigenvalue weighted by Crippen LogP contribution is 2.38. The van der Waals surface area contributed by atoms with Crippen LogP contribution in [0.1, 0.15) is 62.8 Å². The molecule has 0 radical (unpaired) electrons. The van der Waals surface area contributed by atoms with E-state index in [-0.39, 0.29) is 0 Å². The lowest BCUT2D eigenvalue weighted by molar-refractivity contribution is -0.138. The van der Waals surface area contributed by atoms with Crippen LogP contribution in [0.5, 0.6) is 0 Å². The van der Waals surface area contributed by atoms with Gasteiger partial charge in [-0.2, -0.15) is 26.3 Å². The van der Waals surface area contributed by atoms with Crippen LogP contribution in [0.15, 0.2) is 83.0 Å². The lowest BCUT2D eigenvalue weighted by atomic mass is 9.85. The molecule has 0 spiro atoms. The third-order valence-corrected chi connectivity index (χ3v) is 5.83. The molecule has 0 saturated carbocycles. The Kier molecular flexibility index (Phi) is 7.29. The summed E-state index contributed by atoms with van der Waals surface area (Å²) in [6.07, 6.45) is -3.73. The Morgan fingerprint density at radius 3 is 1.06 bits per heavy atom. The van der Waals surface area contributed by atoms with Crippen molar-refractivity contribution in [3.63, 3.8) is 0 Å². The van der Waals surface area contributed by atoms with Gasteiger partial charge in [0.25, 0.3) is 0 Å². The van der Waals surface area contributed by atoms with Crippen molar-refractivity contribution in [1.82, 2.24) is 0 Å². The second kappa shape index (κ2) is 9.69. The van der Waals surface area contributed by atoms with Gasteiger partial charge in [-0.05, 0) is 98.2 Å². The molecular formula is C28H26F6. The summed E-state index contributed by atoms with van der Waals surface area (Å²) in [4.78, 5) is 0. The molecule has 0 aliphatic heterocycles. The zero-order chi connectivity index (χ0) is 25.3. The van der Waals surface area contributed by atoms with Crippen LogP contribution >= 0.6 is 0 Å². The first-order valence-corrected chi connectivity index (χ1v) is 10.9. The van der Waals surface area contributed by atoms with E-state index in [1.165, 1.54) is 24.3 Å². The molecule has 2 aromatic rings. The molecule has 0 fully saturated rings. The highest BCUT2D eigenvalue weighted by atomic mass is 19.4. The number of alkyl halides is 6. The molecule has 0 aromatic heterocycles. The summed E-state index contributed by atoms with van der Waals surface area (Å²) in [5.41, 5.74) is 5.69. The van der Waals surface area contributed by atoms with Crippen LogP contribution in [0.2, 0.25) is 0 Å². The number of benzene rings is 2. The molecule has 0 nitrogen and oxygen atoms in total. The van der Waals surface area contributed by atoms with Crippen LogP contribution in [0, 0.1) is 0 Å². The fourth-order valence-electron chi connectivity index (χ4n) is 3.95. The lowest BCUT2D eigenvalue weighted by Gasteiger charge is -2.20. The van der Waals surface area contributed by atoms with Crippen molar-refractivity contribution in [2.45, 2.75) is 52.9 Å². The topological polar surface area (TPSA) is 0 Å². The lowest BCUT2D eigenvalue weighted by Crippen LogP contribution is -2.05. The van der Waals surface area contributed by atoms with Crippen LogP contribution in [-0.2, 0) is 12.4 Å². The fourth-order valence-corrected chi connectivity index (χ4v) is 3.95. The largest absolute Gasteiger partial charge is 0.416 e. The summed E-state index contributed by atoms with van der Waals surface area (Å²) >= 11 is 0. The van der Waals surface area contributed by atoms with E-state index in [9.17, 15) is 26.3 Å². The number of hydrogen-bond donors (Lipinski definition) is 0. The Balaban J connectivity index is 2.09. The molecule has 0 saturated heterocycles. The SMILES string of the molecule is CC(C)=C1/C=C(/c2ccc(C(F)(F)F)cc2)CC/C(c2ccc(C(F)(F)F)cc2)=C\C1=C(C)C. The maximum atomic E-state index is 13.0. The van der Waals surface area contributed by atoms with Crippen LogP contribution < -0.4 is 0 Å². The smallest absolute Gasteiger partial charge is 0.166 e. The third kappa shape index (κ3) is 5.91. The first-order valence-electron chi connectivity index (χ1n) is 10.9. The van der Waals surface area contributed by atoms with Gasteiger partial charge in [0.1, 0.15) is 0 Å². The highest BCUT2D eigenvalue weighted by molar-refractivity contribution is 5.79. The summed E-state index contributed by atoms with van der Waals surface area (Å²) in [5, 5.41) is 0. The molecule has 0 amide bonds. The third-order valence-electron chi connectivity index (χ3n) is 5.83. The molecular weight excluding hydrogens is 450 g/mol. The van der Waals surface area contributed by atoms with E-state index in [2.05, 4.69) is 0 Å². The normalized spacial score (nSPS) is 18.4. The Morgan fingerprint density at radius 2 is 0.824 bits per heavy atom. The summed E-state index contributed by atoms with van der Waals surface area (Å²) in [6, 6.07) is 10.2. The van der Waals surface area contributed by atoms with Crippen molar-refractivity contribution in [3.8, 4) is 0 Å². The molecule has 0 N–H and O–H groups in total. The predicted molar refractivity (Wildman–Crippen MR) is 125 cm³/mol. The minimum atomic E-state index is -4.41. The van der Waals surface area contributed by atoms with Gasteiger partial charge in [0.15, 0.2) is 0 Å². The van der Waals surface area contributed by atoms with Gasteiger partial charge in [0, 0.05) is 0 Å². The molecule has 1 aliphatic carbocycles. The Hall–Kier alpha value is -3.02. The molecule has 6 heteroatoms. The molecule has 0 unspecified atom stereocenters. The maximum Gasteiger partial charge on any atom is 0.416 e. The van der Waals surface area contributed by atoms with E-state index in [4.69, 9.17) is 0 Å². The van der Waals surface area contributed by atoms with Gasteiger partial charge in [0.05, 0.1) is 11.1 Å². The summed E-state index contributed by atoms with van der Waals surface area (Å²) in [5.74, 6) is 0. The van der Waals surface area contributed by atoms with Gasteiger partial charge in [0.2, 0.25) is 0 Å². The summed E-state index contributed by atoms with van der Waals surface area (Å²) in [7, 11) is 0. The van der Waals surface area contributed by atoms with Crippen LogP contribution in [0.4, 0.5) is 26.3 Å². The number of hydrogen-bond acceptors (Lipinski definition) is 0. The van der Waals surface area contributed by atoms with Crippen molar-refractivity contribution in [1.29, 1.82) is 0 Å². The van der Waals surface area contributed by atoms with Crippen molar-refractivity contribution in [2.75, 3.05) is 0 Å². The van der Waals surface area contributed by atoms with Gasteiger partial charge in [-0.25, -0.2) is 0 Å². The quantitative estimate of drug-likeness (QED) is 0.379. The summed E-state index contributed by atoms with van der Waals surface area (Å²) in [6.45, 7) is 7.86. The molecule has 3 rings (SSSR count). The highest BCUT2D eigenvalue weighted by Gasteiger charge is 2.31. The average molecular weight is 477 g/mol. The van der Waals surface area contributed by atoms with Gasteiger partial charge in [-0.1, -0.05) is 47.6 Å². The Morgan fingerprint density at radius 1 is 0.529 bits per heavy atom. The minimum absolute atomic E-state index is 0.533. The summed E-state index contributed by atoms with van der Waals surface area (Å²) < 4.78 is 78.1. The Labute approximate surface area is 196 Å². The molecule has 1 aliphatic rings. The first-order chi connectivity index (χ1) is 15.8. The van der Waals surface area contributed by atoms with E-state index in [0.717, 1.165) is 57.7 Å². The van der Waals surface area contributed by atoms with Gasteiger partial charge < -0.3 is 0 Å². The maximum absolute atomic E-state index is 13.0. The molecule has 0 bridgehead atoms. The fraction of sp³-hybridized carbons (Fsp3) is 0.286. The van der Waals surface area contributed by atoms with Crippen LogP contribution in [-0.4, -0.2) is 0 Å². The van der Waals surface area contributed by atoms with Crippen molar-refractivity contribution in [3.05, 3.63) is 105 Å². The van der Waals surface area contributed by atoms with Crippen LogP contribution in [0.25, 0.3) is 11.1 Å². The van der Waals surface area contributed by atoms with E-state index in [1.807, 2.05) is 39.8 Å². The van der Waals surface area contributed by atoms with Crippen molar-refractivity contribution in [2.24, 2.45) is 0 Å². The second-order valence-corrected chi connectivity index (χ2v) is 8.82. The second-order valence-electron chi connectivity index (χ2n) is 8.82. The van der Waals surface area contributed by atoms with Gasteiger partial charge in [-0.3, -0.25) is 0 Å². The zero-order valence-electron chi connectivity index (χ0n) is 19.5. The zero-order valence-corrected chi connectivity index (χ0v) is 19.5. The van der Waals surface area contributed by atoms with E-state index in [1.54, 1.807) is 0 Å². The number of rotatable bonds is 2. The number of allylic oxidation sites excluding steroid dienone is 8. The van der Waals surface area contributed by atoms with Gasteiger partial charge in [-0.15, -0.1) is 0 Å². The predicted octanol–water partition coefficient (Wildman–Crippen LogP) is 9.66. The van der Waals surface area contributed by atoms with E-state index < -0.39 is 23.5 Å². The molecule has 180 valence electrons. The molecule has 34 heavy (non-hydrogen) atoms. The minimum Gasteiger partial charge on any atom is -0.166 e. The van der Waals surface area contributed by atoms with Gasteiger partial charge >= 0.3 is 12.4 Å². The molecule has 0 heterocycles. The van der Waals surface area contributed by atoms with Crippen LogP contribution in [0.3, 0.4) is 0 Å². The van der Waals surface area contributed by atoms with E-state index >= 15 is 0 Å². The van der Waals surface area contributed by atoms with E-state index in [0.29, 0.717) is 24.0 Å². The van der Waals surface area contributed by atoms with Crippen molar-refractivity contribution < 1.29 is 26.3 Å². The standard InChI is InChI=1S/C28H26F6/c1-17(2)25-15-21(19-7-11-23(12-8-19)27(29,30)31)5-6-22(16-26(25)18(3)4)20-9-13-24(14-10-20)28(32,33)34/h7-16H,5-6H2,1-4H3/b21-15+,22-16+. The monoisotopic (exact) mass is 476 g/mol. The average Bonchev–Trinajstić information content (AvgIpc) is 2.72. The molecule has 0 atom stereocenters. The number of halogens is 6. The van der Waals surface area contributed by atoms with Crippen molar-refractivity contribution >= 4 is 11.1 Å². The molecule has 2 aromatic carbocycles. The Bertz CT molecular complexity index is 1060.